The van der Waals surface area contributed by atoms with Gasteiger partial charge in [-0.25, -0.2) is 0 Å². The van der Waals surface area contributed by atoms with Crippen LogP contribution < -0.4 is 10.6 Å². The summed E-state index contributed by atoms with van der Waals surface area (Å²) in [5, 5.41) is 0. The average Bonchev–Trinajstić information content (AvgIpc) is 2.39. The van der Waals surface area contributed by atoms with E-state index in [2.05, 4.69) is 23.8 Å². The quantitative estimate of drug-likeness (QED) is 0.668. The molecule has 0 aromatic heterocycles. The van der Waals surface area contributed by atoms with Crippen molar-refractivity contribution in [3.05, 3.63) is 23.8 Å². The minimum absolute atomic E-state index is 0.0283. The van der Waals surface area contributed by atoms with Crippen molar-refractivity contribution in [2.75, 3.05) is 37.3 Å². The van der Waals surface area contributed by atoms with E-state index in [0.717, 1.165) is 31.7 Å². The van der Waals surface area contributed by atoms with E-state index in [0.29, 0.717) is 17.3 Å². The highest BCUT2D eigenvalue weighted by molar-refractivity contribution is 6.00. The van der Waals surface area contributed by atoms with E-state index >= 15 is 0 Å². The molecule has 4 heteroatoms. The number of hydrogen-bond acceptors (Lipinski definition) is 4. The maximum absolute atomic E-state index is 11.6. The zero-order valence-electron chi connectivity index (χ0n) is 12.0. The Morgan fingerprint density at radius 1 is 1.42 bits per heavy atom. The second kappa shape index (κ2) is 5.61. The minimum Gasteiger partial charge on any atom is -0.398 e. The van der Waals surface area contributed by atoms with E-state index in [9.17, 15) is 4.79 Å². The van der Waals surface area contributed by atoms with Crippen LogP contribution >= 0.6 is 0 Å². The predicted molar refractivity (Wildman–Crippen MR) is 79.8 cm³/mol. The summed E-state index contributed by atoms with van der Waals surface area (Å²) in [5.74, 6) is 0.0283. The summed E-state index contributed by atoms with van der Waals surface area (Å²) < 4.78 is 0. The third-order valence-corrected chi connectivity index (χ3v) is 4.03. The number of likely N-dealkylation sites (N-methyl/N-ethyl adjacent to an activating group) is 1. The van der Waals surface area contributed by atoms with Crippen molar-refractivity contribution in [1.29, 1.82) is 0 Å². The van der Waals surface area contributed by atoms with Crippen LogP contribution in [0.1, 0.15) is 30.6 Å². The SMILES string of the molecule is CCC1CN(c2ccc(N)c(C(C)=O)c2)CCN1C. The molecule has 0 radical (unpaired) electrons. The molecule has 0 bridgehead atoms. The third kappa shape index (κ3) is 2.89. The molecule has 0 aliphatic carbocycles. The molecule has 0 saturated carbocycles. The van der Waals surface area contributed by atoms with Crippen molar-refractivity contribution >= 4 is 17.2 Å². The first-order valence-corrected chi connectivity index (χ1v) is 6.88. The standard InChI is InChI=1S/C15H23N3O/c1-4-12-10-18(8-7-17(12)3)13-5-6-15(16)14(9-13)11(2)19/h5-6,9,12H,4,7-8,10,16H2,1-3H3. The summed E-state index contributed by atoms with van der Waals surface area (Å²) >= 11 is 0. The highest BCUT2D eigenvalue weighted by atomic mass is 16.1. The van der Waals surface area contributed by atoms with Gasteiger partial charge in [0.15, 0.2) is 5.78 Å². The predicted octanol–water partition coefficient (Wildman–Crippen LogP) is 2.00. The van der Waals surface area contributed by atoms with Gasteiger partial charge in [0.1, 0.15) is 0 Å². The Labute approximate surface area is 115 Å². The van der Waals surface area contributed by atoms with Gasteiger partial charge >= 0.3 is 0 Å². The van der Waals surface area contributed by atoms with Gasteiger partial charge in [-0.05, 0) is 38.6 Å². The van der Waals surface area contributed by atoms with E-state index in [1.165, 1.54) is 0 Å². The molecule has 19 heavy (non-hydrogen) atoms. The summed E-state index contributed by atoms with van der Waals surface area (Å²) in [6.45, 7) is 6.84. The molecule has 0 amide bonds. The normalized spacial score (nSPS) is 20.6. The summed E-state index contributed by atoms with van der Waals surface area (Å²) in [5.41, 5.74) is 8.15. The molecule has 1 aromatic carbocycles. The number of piperazine rings is 1. The Morgan fingerprint density at radius 3 is 2.79 bits per heavy atom. The van der Waals surface area contributed by atoms with Crippen molar-refractivity contribution < 1.29 is 4.79 Å². The molecule has 1 aliphatic rings. The lowest BCUT2D eigenvalue weighted by atomic mass is 10.1. The van der Waals surface area contributed by atoms with E-state index in [1.54, 1.807) is 6.92 Å². The number of nitrogens with two attached hydrogens (primary N) is 1. The summed E-state index contributed by atoms with van der Waals surface area (Å²) in [6, 6.07) is 6.35. The van der Waals surface area contributed by atoms with Crippen LogP contribution in [0.5, 0.6) is 0 Å². The number of Topliss-reactive ketones (excluding diaryl/α,β-unsaturated/α-hetero) is 1. The fourth-order valence-corrected chi connectivity index (χ4v) is 2.67. The molecule has 2 rings (SSSR count). The highest BCUT2D eigenvalue weighted by Gasteiger charge is 2.23. The van der Waals surface area contributed by atoms with Crippen molar-refractivity contribution in [3.63, 3.8) is 0 Å². The van der Waals surface area contributed by atoms with Gasteiger partial charge < -0.3 is 10.6 Å². The van der Waals surface area contributed by atoms with Gasteiger partial charge in [0, 0.05) is 42.6 Å². The van der Waals surface area contributed by atoms with Gasteiger partial charge in [0.2, 0.25) is 0 Å². The molecular weight excluding hydrogens is 238 g/mol. The first-order chi connectivity index (χ1) is 9.02. The Hall–Kier alpha value is -1.55. The zero-order chi connectivity index (χ0) is 14.0. The van der Waals surface area contributed by atoms with Crippen molar-refractivity contribution in [2.45, 2.75) is 26.3 Å². The Kier molecular flexibility index (Phi) is 4.10. The summed E-state index contributed by atoms with van der Waals surface area (Å²) in [6.07, 6.45) is 1.14. The summed E-state index contributed by atoms with van der Waals surface area (Å²) in [7, 11) is 2.18. The molecule has 4 nitrogen and oxygen atoms in total. The molecule has 1 heterocycles. The Balaban J connectivity index is 2.22. The van der Waals surface area contributed by atoms with E-state index < -0.39 is 0 Å². The van der Waals surface area contributed by atoms with Crippen LogP contribution in [0.2, 0.25) is 0 Å². The van der Waals surface area contributed by atoms with Crippen molar-refractivity contribution in [1.82, 2.24) is 4.90 Å². The van der Waals surface area contributed by atoms with Crippen molar-refractivity contribution in [3.8, 4) is 0 Å². The fraction of sp³-hybridized carbons (Fsp3) is 0.533. The van der Waals surface area contributed by atoms with Crippen molar-refractivity contribution in [2.24, 2.45) is 0 Å². The number of hydrogen-bond donors (Lipinski definition) is 1. The lowest BCUT2D eigenvalue weighted by molar-refractivity contribution is 0.101. The van der Waals surface area contributed by atoms with Gasteiger partial charge in [-0.1, -0.05) is 6.92 Å². The minimum atomic E-state index is 0.0283. The number of benzene rings is 1. The Bertz CT molecular complexity index is 472. The molecule has 0 spiro atoms. The van der Waals surface area contributed by atoms with E-state index in [4.69, 9.17) is 5.73 Å². The molecule has 2 N–H and O–H groups in total. The van der Waals surface area contributed by atoms with E-state index in [1.807, 2.05) is 18.2 Å². The molecule has 1 saturated heterocycles. The monoisotopic (exact) mass is 261 g/mol. The number of rotatable bonds is 3. The maximum Gasteiger partial charge on any atom is 0.161 e. The van der Waals surface area contributed by atoms with Crippen LogP contribution in [-0.2, 0) is 0 Å². The van der Waals surface area contributed by atoms with Crippen LogP contribution in [0.15, 0.2) is 18.2 Å². The first kappa shape index (κ1) is 13.9. The molecule has 1 fully saturated rings. The van der Waals surface area contributed by atoms with Gasteiger partial charge in [-0.3, -0.25) is 9.69 Å². The zero-order valence-corrected chi connectivity index (χ0v) is 12.0. The molecule has 1 atom stereocenters. The van der Waals surface area contributed by atoms with Crippen LogP contribution in [0.3, 0.4) is 0 Å². The fourth-order valence-electron chi connectivity index (χ4n) is 2.67. The van der Waals surface area contributed by atoms with Gasteiger partial charge in [-0.15, -0.1) is 0 Å². The van der Waals surface area contributed by atoms with Gasteiger partial charge in [0.25, 0.3) is 0 Å². The molecular formula is C15H23N3O. The second-order valence-electron chi connectivity index (χ2n) is 5.32. The largest absolute Gasteiger partial charge is 0.398 e. The van der Waals surface area contributed by atoms with Crippen LogP contribution in [0.4, 0.5) is 11.4 Å². The number of ketones is 1. The first-order valence-electron chi connectivity index (χ1n) is 6.88. The number of anilines is 2. The smallest absolute Gasteiger partial charge is 0.161 e. The number of carbonyl (C=O) groups is 1. The number of nitrogens with zero attached hydrogens (tertiary/aromatic N) is 2. The average molecular weight is 261 g/mol. The van der Waals surface area contributed by atoms with Gasteiger partial charge in [-0.2, -0.15) is 0 Å². The summed E-state index contributed by atoms with van der Waals surface area (Å²) in [4.78, 5) is 16.3. The molecule has 1 aliphatic heterocycles. The number of carbonyl (C=O) groups excluding carboxylic acids is 1. The number of nitrogen functional groups attached to an aromatic ring is 1. The lowest BCUT2D eigenvalue weighted by Crippen LogP contribution is -2.51. The molecule has 104 valence electrons. The lowest BCUT2D eigenvalue weighted by Gasteiger charge is -2.40. The molecule has 1 aromatic rings. The van der Waals surface area contributed by atoms with Gasteiger partial charge in [0.05, 0.1) is 0 Å². The van der Waals surface area contributed by atoms with Crippen LogP contribution in [-0.4, -0.2) is 43.4 Å². The van der Waals surface area contributed by atoms with E-state index in [-0.39, 0.29) is 5.78 Å². The second-order valence-corrected chi connectivity index (χ2v) is 5.32. The maximum atomic E-state index is 11.6. The van der Waals surface area contributed by atoms with Crippen LogP contribution in [0, 0.1) is 0 Å². The Morgan fingerprint density at radius 2 is 2.16 bits per heavy atom. The highest BCUT2D eigenvalue weighted by Crippen LogP contribution is 2.24. The topological polar surface area (TPSA) is 49.6 Å². The third-order valence-electron chi connectivity index (χ3n) is 4.03. The molecule has 1 unspecified atom stereocenters. The van der Waals surface area contributed by atoms with Crippen LogP contribution in [0.25, 0.3) is 0 Å².